The Labute approximate surface area is 123 Å². The monoisotopic (exact) mass is 280 g/mol. The van der Waals surface area contributed by atoms with E-state index in [1.165, 1.54) is 7.11 Å². The lowest BCUT2D eigenvalue weighted by atomic mass is 9.92. The second kappa shape index (κ2) is 8.62. The van der Waals surface area contributed by atoms with Gasteiger partial charge in [-0.2, -0.15) is 0 Å². The Bertz CT molecular complexity index is 434. The molecule has 0 amide bonds. The van der Waals surface area contributed by atoms with Gasteiger partial charge in [-0.1, -0.05) is 47.6 Å². The Kier molecular flexibility index (Phi) is 7.97. The minimum atomic E-state index is -0.486. The van der Waals surface area contributed by atoms with E-state index in [4.69, 9.17) is 4.74 Å². The molecule has 0 unspecified atom stereocenters. The highest BCUT2D eigenvalue weighted by Crippen LogP contribution is 2.31. The summed E-state index contributed by atoms with van der Waals surface area (Å²) < 4.78 is 4.71. The van der Waals surface area contributed by atoms with Crippen molar-refractivity contribution in [1.82, 2.24) is 0 Å². The number of carbonyl (C=O) groups is 1. The molecule has 0 saturated carbocycles. The third kappa shape index (κ3) is 4.87. The lowest BCUT2D eigenvalue weighted by molar-refractivity contribution is 0.0597. The average Bonchev–Trinajstić information content (AvgIpc) is 2.41. The first-order valence-electron chi connectivity index (χ1n) is 7.30. The normalized spacial score (nSPS) is 10.2. The predicted octanol–water partition coefficient (Wildman–Crippen LogP) is 4.53. The number of benzene rings is 1. The number of esters is 1. The fourth-order valence-corrected chi connectivity index (χ4v) is 2.01. The van der Waals surface area contributed by atoms with E-state index in [-0.39, 0.29) is 17.2 Å². The van der Waals surface area contributed by atoms with Crippen LogP contribution in [0.3, 0.4) is 0 Å². The first-order chi connectivity index (χ1) is 9.36. The van der Waals surface area contributed by atoms with Crippen LogP contribution in [0.5, 0.6) is 5.75 Å². The molecule has 0 aromatic heterocycles. The Hall–Kier alpha value is -1.51. The molecule has 0 fully saturated rings. The van der Waals surface area contributed by atoms with Gasteiger partial charge in [0.1, 0.15) is 11.3 Å². The van der Waals surface area contributed by atoms with Gasteiger partial charge in [-0.05, 0) is 35.4 Å². The fraction of sp³-hybridized carbons (Fsp3) is 0.588. The highest BCUT2D eigenvalue weighted by molar-refractivity contribution is 5.93. The van der Waals surface area contributed by atoms with E-state index >= 15 is 0 Å². The smallest absolute Gasteiger partial charge is 0.341 e. The van der Waals surface area contributed by atoms with Gasteiger partial charge in [0, 0.05) is 0 Å². The Balaban J connectivity index is 0.00000172. The number of methoxy groups -OCH3 is 1. The average molecular weight is 280 g/mol. The summed E-state index contributed by atoms with van der Waals surface area (Å²) in [5.41, 5.74) is 2.12. The van der Waals surface area contributed by atoms with Gasteiger partial charge in [0.25, 0.3) is 0 Å². The number of aromatic hydroxyl groups is 1. The number of carbonyl (C=O) groups excluding carboxylic acids is 1. The van der Waals surface area contributed by atoms with Crippen molar-refractivity contribution in [3.05, 3.63) is 28.8 Å². The van der Waals surface area contributed by atoms with Crippen molar-refractivity contribution in [2.24, 2.45) is 5.92 Å². The van der Waals surface area contributed by atoms with Gasteiger partial charge in [-0.3, -0.25) is 0 Å². The summed E-state index contributed by atoms with van der Waals surface area (Å²) in [4.78, 5) is 11.7. The number of ether oxygens (including phenoxy) is 1. The Morgan fingerprint density at radius 1 is 1.20 bits per heavy atom. The van der Waals surface area contributed by atoms with Gasteiger partial charge < -0.3 is 9.84 Å². The highest BCUT2D eigenvalue weighted by atomic mass is 16.5. The van der Waals surface area contributed by atoms with Crippen LogP contribution in [0.25, 0.3) is 0 Å². The standard InChI is InChI=1S/C15H22O3.C2H6/c1-9(2)6-11-7-12(10(3)4)14(16)13(8-11)15(17)18-5;1-2/h7-10,16H,6H2,1-5H3;1-2H3. The maximum absolute atomic E-state index is 11.7. The third-order valence-corrected chi connectivity index (χ3v) is 2.87. The van der Waals surface area contributed by atoms with Crippen LogP contribution in [-0.2, 0) is 11.2 Å². The van der Waals surface area contributed by atoms with E-state index in [1.807, 2.05) is 33.8 Å². The van der Waals surface area contributed by atoms with Gasteiger partial charge in [-0.25, -0.2) is 4.79 Å². The number of rotatable bonds is 4. The molecule has 0 aliphatic heterocycles. The lowest BCUT2D eigenvalue weighted by Crippen LogP contribution is -2.06. The van der Waals surface area contributed by atoms with Crippen molar-refractivity contribution in [3.63, 3.8) is 0 Å². The molecule has 0 saturated heterocycles. The zero-order valence-electron chi connectivity index (χ0n) is 13.8. The molecule has 1 aromatic carbocycles. The molecule has 114 valence electrons. The molecule has 1 aromatic rings. The van der Waals surface area contributed by atoms with Crippen molar-refractivity contribution < 1.29 is 14.6 Å². The SMILES string of the molecule is CC.COC(=O)c1cc(CC(C)C)cc(C(C)C)c1O. The Morgan fingerprint density at radius 2 is 1.75 bits per heavy atom. The summed E-state index contributed by atoms with van der Waals surface area (Å²) in [6.07, 6.45) is 0.879. The first kappa shape index (κ1) is 18.5. The maximum Gasteiger partial charge on any atom is 0.341 e. The first-order valence-corrected chi connectivity index (χ1v) is 7.30. The summed E-state index contributed by atoms with van der Waals surface area (Å²) in [7, 11) is 1.33. The molecule has 0 bridgehead atoms. The van der Waals surface area contributed by atoms with E-state index < -0.39 is 5.97 Å². The molecule has 1 rings (SSSR count). The fourth-order valence-electron chi connectivity index (χ4n) is 2.01. The zero-order valence-corrected chi connectivity index (χ0v) is 13.8. The number of hydrogen-bond acceptors (Lipinski definition) is 3. The van der Waals surface area contributed by atoms with Crippen molar-refractivity contribution in [2.45, 2.75) is 53.9 Å². The number of phenols is 1. The van der Waals surface area contributed by atoms with Crippen LogP contribution in [0.1, 0.15) is 68.9 Å². The van der Waals surface area contributed by atoms with E-state index in [1.54, 1.807) is 6.07 Å². The van der Waals surface area contributed by atoms with Crippen molar-refractivity contribution in [1.29, 1.82) is 0 Å². The van der Waals surface area contributed by atoms with Gasteiger partial charge in [0.05, 0.1) is 7.11 Å². The second-order valence-electron chi connectivity index (χ2n) is 5.33. The molecule has 1 N–H and O–H groups in total. The molecule has 0 atom stereocenters. The molecule has 0 radical (unpaired) electrons. The number of phenolic OH excluding ortho intramolecular Hbond substituents is 1. The summed E-state index contributed by atoms with van der Waals surface area (Å²) in [6.45, 7) is 12.2. The molecule has 3 heteroatoms. The van der Waals surface area contributed by atoms with E-state index in [9.17, 15) is 9.90 Å². The van der Waals surface area contributed by atoms with Gasteiger partial charge in [0.2, 0.25) is 0 Å². The minimum absolute atomic E-state index is 0.0457. The predicted molar refractivity (Wildman–Crippen MR) is 83.4 cm³/mol. The molecular formula is C17H28O3. The maximum atomic E-state index is 11.7. The zero-order chi connectivity index (χ0) is 15.9. The molecule has 20 heavy (non-hydrogen) atoms. The van der Waals surface area contributed by atoms with Crippen LogP contribution in [-0.4, -0.2) is 18.2 Å². The summed E-state index contributed by atoms with van der Waals surface area (Å²) in [5.74, 6) is 0.227. The van der Waals surface area contributed by atoms with Crippen LogP contribution in [0.2, 0.25) is 0 Å². The Morgan fingerprint density at radius 3 is 2.15 bits per heavy atom. The molecule has 3 nitrogen and oxygen atoms in total. The van der Waals surface area contributed by atoms with Crippen molar-refractivity contribution >= 4 is 5.97 Å². The van der Waals surface area contributed by atoms with Gasteiger partial charge in [-0.15, -0.1) is 0 Å². The molecule has 0 spiro atoms. The van der Waals surface area contributed by atoms with Crippen molar-refractivity contribution in [3.8, 4) is 5.75 Å². The largest absolute Gasteiger partial charge is 0.507 e. The van der Waals surface area contributed by atoms with Crippen LogP contribution in [0.15, 0.2) is 12.1 Å². The lowest BCUT2D eigenvalue weighted by Gasteiger charge is -2.15. The molecular weight excluding hydrogens is 252 g/mol. The molecule has 0 heterocycles. The topological polar surface area (TPSA) is 46.5 Å². The number of hydrogen-bond donors (Lipinski definition) is 1. The third-order valence-electron chi connectivity index (χ3n) is 2.87. The van der Waals surface area contributed by atoms with Gasteiger partial charge >= 0.3 is 5.97 Å². The van der Waals surface area contributed by atoms with E-state index in [0.717, 1.165) is 17.5 Å². The van der Waals surface area contributed by atoms with Crippen LogP contribution >= 0.6 is 0 Å². The quantitative estimate of drug-likeness (QED) is 0.824. The van der Waals surface area contributed by atoms with Crippen molar-refractivity contribution in [2.75, 3.05) is 7.11 Å². The molecule has 0 aliphatic rings. The second-order valence-corrected chi connectivity index (χ2v) is 5.33. The van der Waals surface area contributed by atoms with Gasteiger partial charge in [0.15, 0.2) is 0 Å². The van der Waals surface area contributed by atoms with Crippen LogP contribution < -0.4 is 0 Å². The van der Waals surface area contributed by atoms with Crippen LogP contribution in [0.4, 0.5) is 0 Å². The van der Waals surface area contributed by atoms with E-state index in [0.29, 0.717) is 5.92 Å². The summed E-state index contributed by atoms with van der Waals surface area (Å²) in [5, 5.41) is 10.1. The molecule has 0 aliphatic carbocycles. The highest BCUT2D eigenvalue weighted by Gasteiger charge is 2.18. The van der Waals surface area contributed by atoms with E-state index in [2.05, 4.69) is 13.8 Å². The summed E-state index contributed by atoms with van der Waals surface area (Å²) >= 11 is 0. The van der Waals surface area contributed by atoms with Crippen LogP contribution in [0, 0.1) is 5.92 Å². The minimum Gasteiger partial charge on any atom is -0.507 e. The summed E-state index contributed by atoms with van der Waals surface area (Å²) in [6, 6.07) is 3.71.